The van der Waals surface area contributed by atoms with Gasteiger partial charge in [-0.05, 0) is 31.5 Å². The minimum absolute atomic E-state index is 0.0969. The highest BCUT2D eigenvalue weighted by atomic mass is 16.5. The fourth-order valence-corrected chi connectivity index (χ4v) is 2.02. The van der Waals surface area contributed by atoms with Crippen molar-refractivity contribution in [1.29, 1.82) is 0 Å². The molecule has 0 aliphatic carbocycles. The molecule has 2 rings (SSSR count). The van der Waals surface area contributed by atoms with Crippen LogP contribution in [0.3, 0.4) is 0 Å². The topological polar surface area (TPSA) is 56.1 Å². The molecule has 1 aromatic carbocycles. The molecule has 0 spiro atoms. The summed E-state index contributed by atoms with van der Waals surface area (Å²) in [6.07, 6.45) is 0. The number of rotatable bonds is 5. The normalized spacial score (nSPS) is 10.3. The molecule has 0 aliphatic heterocycles. The lowest BCUT2D eigenvalue weighted by Crippen LogP contribution is -2.25. The quantitative estimate of drug-likeness (QED) is 0.905. The van der Waals surface area contributed by atoms with E-state index >= 15 is 0 Å². The number of hydrogen-bond acceptors (Lipinski definition) is 4. The first-order valence-corrected chi connectivity index (χ1v) is 6.53. The van der Waals surface area contributed by atoms with E-state index < -0.39 is 0 Å². The molecular weight excluding hydrogens is 254 g/mol. The molecule has 0 bridgehead atoms. The number of methoxy groups -OCH3 is 1. The van der Waals surface area contributed by atoms with Crippen LogP contribution < -0.4 is 15.6 Å². The van der Waals surface area contributed by atoms with Gasteiger partial charge >= 0.3 is 0 Å². The van der Waals surface area contributed by atoms with Gasteiger partial charge in [-0.15, -0.1) is 0 Å². The second-order valence-corrected chi connectivity index (χ2v) is 4.67. The maximum absolute atomic E-state index is 11.9. The third-order valence-corrected chi connectivity index (χ3v) is 2.97. The van der Waals surface area contributed by atoms with E-state index in [1.54, 1.807) is 6.92 Å². The fraction of sp³-hybridized carbons (Fsp3) is 0.333. The first kappa shape index (κ1) is 14.1. The molecule has 5 heteroatoms. The first-order valence-electron chi connectivity index (χ1n) is 6.53. The Morgan fingerprint density at radius 3 is 2.80 bits per heavy atom. The van der Waals surface area contributed by atoms with Crippen molar-refractivity contribution in [1.82, 2.24) is 9.55 Å². The average molecular weight is 273 g/mol. The van der Waals surface area contributed by atoms with Crippen molar-refractivity contribution in [3.8, 4) is 6.01 Å². The largest absolute Gasteiger partial charge is 0.468 e. The number of nitrogens with zero attached hydrogens (tertiary/aromatic N) is 2. The molecule has 0 saturated carbocycles. The number of anilines is 1. The number of hydrogen-bond donors (Lipinski definition) is 1. The Balaban J connectivity index is 2.06. The highest BCUT2D eigenvalue weighted by Crippen LogP contribution is 2.09. The Morgan fingerprint density at radius 2 is 2.10 bits per heavy atom. The molecule has 1 aromatic heterocycles. The van der Waals surface area contributed by atoms with Crippen molar-refractivity contribution < 1.29 is 4.74 Å². The zero-order chi connectivity index (χ0) is 14.5. The molecule has 20 heavy (non-hydrogen) atoms. The molecular formula is C15H19N3O2. The van der Waals surface area contributed by atoms with Crippen LogP contribution in [0.1, 0.15) is 11.3 Å². The monoisotopic (exact) mass is 273 g/mol. The Labute approximate surface area is 118 Å². The summed E-state index contributed by atoms with van der Waals surface area (Å²) in [4.78, 5) is 16.1. The van der Waals surface area contributed by atoms with E-state index in [0.29, 0.717) is 24.8 Å². The van der Waals surface area contributed by atoms with Crippen LogP contribution in [0.25, 0.3) is 0 Å². The van der Waals surface area contributed by atoms with Crippen LogP contribution in [-0.4, -0.2) is 23.2 Å². The SMILES string of the molecule is COc1nc(C)cc(=O)n1CCNc1cccc(C)c1. The molecule has 1 N–H and O–H groups in total. The molecule has 0 amide bonds. The van der Waals surface area contributed by atoms with E-state index in [2.05, 4.69) is 16.4 Å². The molecule has 0 aliphatic rings. The van der Waals surface area contributed by atoms with E-state index in [0.717, 1.165) is 5.69 Å². The number of aryl methyl sites for hydroxylation is 2. The minimum Gasteiger partial charge on any atom is -0.468 e. The van der Waals surface area contributed by atoms with E-state index in [1.807, 2.05) is 25.1 Å². The summed E-state index contributed by atoms with van der Waals surface area (Å²) in [5.74, 6) is 0. The van der Waals surface area contributed by atoms with Gasteiger partial charge in [-0.1, -0.05) is 12.1 Å². The summed E-state index contributed by atoms with van der Waals surface area (Å²) in [5.41, 5.74) is 2.80. The van der Waals surface area contributed by atoms with Gasteiger partial charge in [-0.25, -0.2) is 4.98 Å². The molecule has 0 unspecified atom stereocenters. The van der Waals surface area contributed by atoms with Gasteiger partial charge in [0, 0.05) is 30.5 Å². The highest BCUT2D eigenvalue weighted by Gasteiger charge is 2.06. The predicted octanol–water partition coefficient (Wildman–Crippen LogP) is 1.98. The van der Waals surface area contributed by atoms with Gasteiger partial charge in [0.25, 0.3) is 11.6 Å². The lowest BCUT2D eigenvalue weighted by Gasteiger charge is -2.12. The van der Waals surface area contributed by atoms with Crippen LogP contribution in [0.2, 0.25) is 0 Å². The van der Waals surface area contributed by atoms with Crippen molar-refractivity contribution in [2.24, 2.45) is 0 Å². The summed E-state index contributed by atoms with van der Waals surface area (Å²) in [6, 6.07) is 9.96. The van der Waals surface area contributed by atoms with Crippen molar-refractivity contribution in [3.05, 3.63) is 51.9 Å². The van der Waals surface area contributed by atoms with Gasteiger partial charge in [0.15, 0.2) is 0 Å². The van der Waals surface area contributed by atoms with Gasteiger partial charge in [0.1, 0.15) is 0 Å². The molecule has 5 nitrogen and oxygen atoms in total. The molecule has 0 fully saturated rings. The van der Waals surface area contributed by atoms with Gasteiger partial charge in [-0.2, -0.15) is 0 Å². The number of ether oxygens (including phenoxy) is 1. The molecule has 2 aromatic rings. The van der Waals surface area contributed by atoms with E-state index in [9.17, 15) is 4.79 Å². The van der Waals surface area contributed by atoms with Crippen molar-refractivity contribution >= 4 is 5.69 Å². The lowest BCUT2D eigenvalue weighted by molar-refractivity contribution is 0.346. The first-order chi connectivity index (χ1) is 9.60. The second kappa shape index (κ2) is 6.23. The number of nitrogens with one attached hydrogen (secondary N) is 1. The Kier molecular flexibility index (Phi) is 4.40. The van der Waals surface area contributed by atoms with Gasteiger partial charge < -0.3 is 10.1 Å². The number of benzene rings is 1. The highest BCUT2D eigenvalue weighted by molar-refractivity contribution is 5.45. The average Bonchev–Trinajstić information content (AvgIpc) is 2.40. The van der Waals surface area contributed by atoms with Crippen molar-refractivity contribution in [2.75, 3.05) is 19.0 Å². The molecule has 1 heterocycles. The van der Waals surface area contributed by atoms with Crippen LogP contribution in [0.5, 0.6) is 6.01 Å². The molecule has 0 atom stereocenters. The van der Waals surface area contributed by atoms with Crippen LogP contribution in [-0.2, 0) is 6.54 Å². The van der Waals surface area contributed by atoms with E-state index in [1.165, 1.54) is 23.3 Å². The Morgan fingerprint density at radius 1 is 1.30 bits per heavy atom. The second-order valence-electron chi connectivity index (χ2n) is 4.67. The van der Waals surface area contributed by atoms with Crippen molar-refractivity contribution in [2.45, 2.75) is 20.4 Å². The zero-order valence-electron chi connectivity index (χ0n) is 12.0. The molecule has 0 radical (unpaired) electrons. The predicted molar refractivity (Wildman–Crippen MR) is 79.5 cm³/mol. The molecule has 106 valence electrons. The summed E-state index contributed by atoms with van der Waals surface area (Å²) in [5, 5.41) is 3.28. The smallest absolute Gasteiger partial charge is 0.299 e. The standard InChI is InChI=1S/C15H19N3O2/c1-11-5-4-6-13(9-11)16-7-8-18-14(19)10-12(2)17-15(18)20-3/h4-6,9-10,16H,7-8H2,1-3H3. The van der Waals surface area contributed by atoms with Crippen LogP contribution >= 0.6 is 0 Å². The van der Waals surface area contributed by atoms with Gasteiger partial charge in [-0.3, -0.25) is 9.36 Å². The Hall–Kier alpha value is -2.30. The van der Waals surface area contributed by atoms with Gasteiger partial charge in [0.05, 0.1) is 7.11 Å². The molecule has 0 saturated heterocycles. The maximum atomic E-state index is 11.9. The van der Waals surface area contributed by atoms with Crippen LogP contribution in [0, 0.1) is 13.8 Å². The van der Waals surface area contributed by atoms with E-state index in [4.69, 9.17) is 4.74 Å². The summed E-state index contributed by atoms with van der Waals surface area (Å²) < 4.78 is 6.68. The fourth-order valence-electron chi connectivity index (χ4n) is 2.02. The summed E-state index contributed by atoms with van der Waals surface area (Å²) >= 11 is 0. The van der Waals surface area contributed by atoms with Crippen molar-refractivity contribution in [3.63, 3.8) is 0 Å². The van der Waals surface area contributed by atoms with Gasteiger partial charge in [0.2, 0.25) is 0 Å². The lowest BCUT2D eigenvalue weighted by atomic mass is 10.2. The third kappa shape index (κ3) is 3.38. The summed E-state index contributed by atoms with van der Waals surface area (Å²) in [6.45, 7) is 4.95. The number of aromatic nitrogens is 2. The van der Waals surface area contributed by atoms with Crippen LogP contribution in [0.15, 0.2) is 35.1 Å². The zero-order valence-corrected chi connectivity index (χ0v) is 12.0. The summed E-state index contributed by atoms with van der Waals surface area (Å²) in [7, 11) is 1.52. The third-order valence-electron chi connectivity index (χ3n) is 2.97. The minimum atomic E-state index is -0.0969. The van der Waals surface area contributed by atoms with Crippen LogP contribution in [0.4, 0.5) is 5.69 Å². The maximum Gasteiger partial charge on any atom is 0.299 e. The Bertz CT molecular complexity index is 650. The van der Waals surface area contributed by atoms with E-state index in [-0.39, 0.29) is 5.56 Å².